The molecule has 0 atom stereocenters. The van der Waals surface area contributed by atoms with E-state index in [0.29, 0.717) is 11.4 Å². The molecule has 0 heterocycles. The molecule has 0 bridgehead atoms. The molecule has 0 aromatic heterocycles. The normalized spacial score (nSPS) is 11.2. The van der Waals surface area contributed by atoms with Crippen LogP contribution >= 0.6 is 0 Å². The molecule has 0 aliphatic carbocycles. The van der Waals surface area contributed by atoms with E-state index in [0.717, 1.165) is 16.2 Å². The molecule has 1 N–H and O–H groups in total. The van der Waals surface area contributed by atoms with Crippen molar-refractivity contribution in [3.63, 3.8) is 0 Å². The van der Waals surface area contributed by atoms with Crippen molar-refractivity contribution in [2.75, 3.05) is 6.54 Å². The Morgan fingerprint density at radius 1 is 0.913 bits per heavy atom. The molecule has 23 heavy (non-hydrogen) atoms. The average molecular weight is 311 g/mol. The van der Waals surface area contributed by atoms with Gasteiger partial charge >= 0.3 is 5.97 Å². The van der Waals surface area contributed by atoms with E-state index in [1.54, 1.807) is 12.1 Å². The first-order valence-electron chi connectivity index (χ1n) is 7.00. The molecule has 2 aromatic rings. The lowest BCUT2D eigenvalue weighted by Crippen LogP contribution is -2.18. The quantitative estimate of drug-likeness (QED) is 0.633. The van der Waals surface area contributed by atoms with Gasteiger partial charge in [0.2, 0.25) is 0 Å². The summed E-state index contributed by atoms with van der Waals surface area (Å²) < 4.78 is 0. The third-order valence-corrected chi connectivity index (χ3v) is 3.02. The van der Waals surface area contributed by atoms with Gasteiger partial charge in [0.05, 0.1) is 11.4 Å². The number of carboxylic acids is 1. The number of benzene rings is 2. The number of aryl methyl sites for hydroxylation is 2. The van der Waals surface area contributed by atoms with Crippen molar-refractivity contribution in [2.24, 2.45) is 20.7 Å². The Hall–Kier alpha value is -3.09. The van der Waals surface area contributed by atoms with Gasteiger partial charge < -0.3 is 5.11 Å². The molecule has 118 valence electrons. The van der Waals surface area contributed by atoms with Crippen LogP contribution in [0.1, 0.15) is 11.1 Å². The maximum Gasteiger partial charge on any atom is 0.327 e. The SMILES string of the molecule is Cc1ccccc1N=NN(CC(=O)O)N=Nc1ccccc1C. The first-order chi connectivity index (χ1) is 11.1. The molecule has 0 radical (unpaired) electrons. The van der Waals surface area contributed by atoms with Crippen LogP contribution in [0.4, 0.5) is 11.4 Å². The fraction of sp³-hybridized carbons (Fsp3) is 0.188. The topological polar surface area (TPSA) is 90.0 Å². The highest BCUT2D eigenvalue weighted by molar-refractivity contribution is 5.68. The minimum absolute atomic E-state index is 0.426. The van der Waals surface area contributed by atoms with Gasteiger partial charge in [-0.1, -0.05) is 36.4 Å². The predicted molar refractivity (Wildman–Crippen MR) is 85.7 cm³/mol. The van der Waals surface area contributed by atoms with Crippen LogP contribution in [0.2, 0.25) is 0 Å². The van der Waals surface area contributed by atoms with E-state index in [1.165, 1.54) is 0 Å². The molecule has 0 spiro atoms. The van der Waals surface area contributed by atoms with Crippen LogP contribution in [0.5, 0.6) is 0 Å². The van der Waals surface area contributed by atoms with Gasteiger partial charge in [0.1, 0.15) is 0 Å². The first-order valence-corrected chi connectivity index (χ1v) is 7.00. The molecule has 7 nitrogen and oxygen atoms in total. The van der Waals surface area contributed by atoms with Gasteiger partial charge in [-0.15, -0.1) is 15.3 Å². The van der Waals surface area contributed by atoms with Gasteiger partial charge in [-0.2, -0.15) is 0 Å². The molecule has 0 unspecified atom stereocenters. The van der Waals surface area contributed by atoms with Crippen molar-refractivity contribution in [3.05, 3.63) is 59.7 Å². The van der Waals surface area contributed by atoms with Crippen LogP contribution in [0, 0.1) is 13.8 Å². The number of hydrogen-bond acceptors (Lipinski definition) is 5. The fourth-order valence-corrected chi connectivity index (χ4v) is 1.75. The van der Waals surface area contributed by atoms with Gasteiger partial charge in [-0.25, -0.2) is 0 Å². The highest BCUT2D eigenvalue weighted by atomic mass is 16.4. The van der Waals surface area contributed by atoms with Gasteiger partial charge in [0.15, 0.2) is 6.54 Å². The van der Waals surface area contributed by atoms with Crippen LogP contribution in [-0.2, 0) is 4.79 Å². The Balaban J connectivity index is 2.19. The number of hydrogen-bond donors (Lipinski definition) is 1. The first kappa shape index (κ1) is 16.3. The van der Waals surface area contributed by atoms with Crippen LogP contribution in [-0.4, -0.2) is 22.7 Å². The molecule has 7 heteroatoms. The lowest BCUT2D eigenvalue weighted by molar-refractivity contribution is -0.138. The molecular formula is C16H17N5O2. The van der Waals surface area contributed by atoms with E-state index in [-0.39, 0.29) is 0 Å². The van der Waals surface area contributed by atoms with Crippen molar-refractivity contribution in [1.82, 2.24) is 5.12 Å². The minimum Gasteiger partial charge on any atom is -0.480 e. The third kappa shape index (κ3) is 4.99. The van der Waals surface area contributed by atoms with Crippen molar-refractivity contribution in [3.8, 4) is 0 Å². The summed E-state index contributed by atoms with van der Waals surface area (Å²) in [4.78, 5) is 10.9. The van der Waals surface area contributed by atoms with E-state index < -0.39 is 12.5 Å². The summed E-state index contributed by atoms with van der Waals surface area (Å²) in [6, 6.07) is 14.8. The summed E-state index contributed by atoms with van der Waals surface area (Å²) in [5, 5.41) is 25.7. The highest BCUT2D eigenvalue weighted by Crippen LogP contribution is 2.20. The van der Waals surface area contributed by atoms with Crippen molar-refractivity contribution < 1.29 is 9.90 Å². The standard InChI is InChI=1S/C16H17N5O2/c1-12-7-3-5-9-14(12)17-19-21(11-16(22)23)20-18-15-10-6-4-8-13(15)2/h3-10H,11H2,1-2H3,(H,22,23). The highest BCUT2D eigenvalue weighted by Gasteiger charge is 2.07. The smallest absolute Gasteiger partial charge is 0.327 e. The number of carbonyl (C=O) groups is 1. The van der Waals surface area contributed by atoms with E-state index in [9.17, 15) is 4.79 Å². The lowest BCUT2D eigenvalue weighted by atomic mass is 10.2. The fourth-order valence-electron chi connectivity index (χ4n) is 1.75. The van der Waals surface area contributed by atoms with Gasteiger partial charge in [-0.05, 0) is 47.6 Å². The number of rotatable bonds is 6. The molecule has 0 fully saturated rings. The molecular weight excluding hydrogens is 294 g/mol. The van der Waals surface area contributed by atoms with E-state index in [1.807, 2.05) is 50.2 Å². The molecule has 2 rings (SSSR count). The van der Waals surface area contributed by atoms with Gasteiger partial charge in [0.25, 0.3) is 0 Å². The van der Waals surface area contributed by atoms with Crippen LogP contribution in [0.25, 0.3) is 0 Å². The zero-order chi connectivity index (χ0) is 16.7. The van der Waals surface area contributed by atoms with Crippen LogP contribution in [0.3, 0.4) is 0 Å². The average Bonchev–Trinajstić information content (AvgIpc) is 2.52. The summed E-state index contributed by atoms with van der Waals surface area (Å²) in [7, 11) is 0. The Morgan fingerprint density at radius 2 is 1.35 bits per heavy atom. The summed E-state index contributed by atoms with van der Waals surface area (Å²) >= 11 is 0. The van der Waals surface area contributed by atoms with Gasteiger partial charge in [-0.3, -0.25) is 4.79 Å². The summed E-state index contributed by atoms with van der Waals surface area (Å²) in [6.45, 7) is 3.36. The van der Waals surface area contributed by atoms with Gasteiger partial charge in [0, 0.05) is 0 Å². The second kappa shape index (κ2) is 7.79. The Bertz CT molecular complexity index is 687. The second-order valence-electron chi connectivity index (χ2n) is 4.88. The summed E-state index contributed by atoms with van der Waals surface area (Å²) in [5.74, 6) is -1.07. The van der Waals surface area contributed by atoms with Crippen molar-refractivity contribution >= 4 is 17.3 Å². The predicted octanol–water partition coefficient (Wildman–Crippen LogP) is 4.39. The van der Waals surface area contributed by atoms with E-state index >= 15 is 0 Å². The number of carboxylic acid groups (broad SMARTS) is 1. The van der Waals surface area contributed by atoms with E-state index in [2.05, 4.69) is 20.7 Å². The summed E-state index contributed by atoms with van der Waals surface area (Å²) in [6.07, 6.45) is 0. The number of aliphatic carboxylic acids is 1. The molecule has 0 amide bonds. The monoisotopic (exact) mass is 311 g/mol. The molecule has 0 saturated heterocycles. The maximum absolute atomic E-state index is 10.9. The Labute approximate surface area is 133 Å². The molecule has 0 saturated carbocycles. The summed E-state index contributed by atoms with van der Waals surface area (Å²) in [5.41, 5.74) is 3.16. The van der Waals surface area contributed by atoms with Crippen molar-refractivity contribution in [1.29, 1.82) is 0 Å². The third-order valence-electron chi connectivity index (χ3n) is 3.02. The Morgan fingerprint density at radius 3 is 1.74 bits per heavy atom. The van der Waals surface area contributed by atoms with E-state index in [4.69, 9.17) is 5.11 Å². The Kier molecular flexibility index (Phi) is 5.51. The minimum atomic E-state index is -1.07. The number of nitrogens with zero attached hydrogens (tertiary/aromatic N) is 5. The van der Waals surface area contributed by atoms with Crippen LogP contribution < -0.4 is 0 Å². The largest absolute Gasteiger partial charge is 0.480 e. The second-order valence-corrected chi connectivity index (χ2v) is 4.88. The lowest BCUT2D eigenvalue weighted by Gasteiger charge is -2.07. The maximum atomic E-state index is 10.9. The zero-order valence-electron chi connectivity index (χ0n) is 12.9. The van der Waals surface area contributed by atoms with Crippen molar-refractivity contribution in [2.45, 2.75) is 13.8 Å². The molecule has 0 aliphatic rings. The molecule has 2 aromatic carbocycles. The zero-order valence-corrected chi connectivity index (χ0v) is 12.9. The van der Waals surface area contributed by atoms with Crippen LogP contribution in [0.15, 0.2) is 69.2 Å². The molecule has 0 aliphatic heterocycles.